The van der Waals surface area contributed by atoms with Gasteiger partial charge in [-0.3, -0.25) is 0 Å². The number of rotatable bonds is 8. The van der Waals surface area contributed by atoms with Gasteiger partial charge in [0.25, 0.3) is 0 Å². The van der Waals surface area contributed by atoms with E-state index in [0.29, 0.717) is 12.2 Å². The van der Waals surface area contributed by atoms with E-state index in [0.717, 1.165) is 30.8 Å². The van der Waals surface area contributed by atoms with Crippen molar-refractivity contribution in [3.05, 3.63) is 59.7 Å². The lowest BCUT2D eigenvalue weighted by atomic mass is 10.2. The Morgan fingerprint density at radius 3 is 2.73 bits per heavy atom. The summed E-state index contributed by atoms with van der Waals surface area (Å²) >= 11 is 0. The van der Waals surface area contributed by atoms with E-state index < -0.39 is 5.97 Å². The maximum Gasteiger partial charge on any atom is 0.335 e. The van der Waals surface area contributed by atoms with E-state index in [1.165, 1.54) is 5.56 Å². The van der Waals surface area contributed by atoms with Crippen LogP contribution < -0.4 is 10.1 Å². The number of hydrogen-bond donors (Lipinski definition) is 2. The lowest BCUT2D eigenvalue weighted by Crippen LogP contribution is -2.05. The van der Waals surface area contributed by atoms with Crippen LogP contribution in [-0.2, 0) is 0 Å². The summed E-state index contributed by atoms with van der Waals surface area (Å²) in [6.45, 7) is 3.52. The number of unbranched alkanes of at least 4 members (excludes halogenated alkanes) is 1. The molecule has 0 heterocycles. The van der Waals surface area contributed by atoms with Crippen LogP contribution in [0, 0.1) is 6.92 Å². The lowest BCUT2D eigenvalue weighted by molar-refractivity contribution is 0.0697. The summed E-state index contributed by atoms with van der Waals surface area (Å²) in [6.07, 6.45) is 1.91. The number of carboxylic acid groups (broad SMARTS) is 1. The molecule has 2 aromatic carbocycles. The van der Waals surface area contributed by atoms with Crippen molar-refractivity contribution in [3.63, 3.8) is 0 Å². The van der Waals surface area contributed by atoms with Crippen LogP contribution in [0.15, 0.2) is 48.5 Å². The van der Waals surface area contributed by atoms with Crippen molar-refractivity contribution in [1.82, 2.24) is 0 Å². The first-order valence-corrected chi connectivity index (χ1v) is 7.42. The first-order valence-electron chi connectivity index (χ1n) is 7.42. The first-order chi connectivity index (χ1) is 10.6. The number of carbonyl (C=O) groups is 1. The van der Waals surface area contributed by atoms with Crippen molar-refractivity contribution in [2.45, 2.75) is 19.8 Å². The van der Waals surface area contributed by atoms with Gasteiger partial charge in [0.05, 0.1) is 12.2 Å². The highest BCUT2D eigenvalue weighted by Gasteiger charge is 2.02. The van der Waals surface area contributed by atoms with Gasteiger partial charge in [-0.25, -0.2) is 4.79 Å². The van der Waals surface area contributed by atoms with Gasteiger partial charge in [-0.05, 0) is 55.7 Å². The zero-order chi connectivity index (χ0) is 15.8. The largest absolute Gasteiger partial charge is 0.494 e. The van der Waals surface area contributed by atoms with E-state index in [-0.39, 0.29) is 0 Å². The number of ether oxygens (including phenoxy) is 1. The molecule has 0 bridgehead atoms. The zero-order valence-corrected chi connectivity index (χ0v) is 12.7. The molecular formula is C18H21NO3. The van der Waals surface area contributed by atoms with Crippen LogP contribution in [0.3, 0.4) is 0 Å². The minimum Gasteiger partial charge on any atom is -0.494 e. The van der Waals surface area contributed by atoms with Crippen molar-refractivity contribution in [2.24, 2.45) is 0 Å². The fraction of sp³-hybridized carbons (Fsp3) is 0.278. The molecule has 0 atom stereocenters. The quantitative estimate of drug-likeness (QED) is 0.724. The maximum atomic E-state index is 10.9. The normalized spacial score (nSPS) is 10.2. The molecule has 4 heteroatoms. The molecule has 116 valence electrons. The van der Waals surface area contributed by atoms with Crippen LogP contribution in [0.4, 0.5) is 5.69 Å². The Kier molecular flexibility index (Phi) is 5.83. The molecule has 0 spiro atoms. The minimum atomic E-state index is -0.907. The molecule has 0 saturated heterocycles. The Morgan fingerprint density at radius 1 is 1.14 bits per heavy atom. The molecule has 2 aromatic rings. The minimum absolute atomic E-state index is 0.299. The summed E-state index contributed by atoms with van der Waals surface area (Å²) in [5.74, 6) is -0.00248. The van der Waals surface area contributed by atoms with E-state index in [4.69, 9.17) is 9.84 Å². The van der Waals surface area contributed by atoms with Gasteiger partial charge < -0.3 is 15.2 Å². The summed E-state index contributed by atoms with van der Waals surface area (Å²) in [7, 11) is 0. The third-order valence-electron chi connectivity index (χ3n) is 3.27. The van der Waals surface area contributed by atoms with Gasteiger partial charge in [0.15, 0.2) is 0 Å². The van der Waals surface area contributed by atoms with Gasteiger partial charge in [-0.2, -0.15) is 0 Å². The van der Waals surface area contributed by atoms with Gasteiger partial charge in [0.2, 0.25) is 0 Å². The molecule has 4 nitrogen and oxygen atoms in total. The molecular weight excluding hydrogens is 278 g/mol. The Bertz CT molecular complexity index is 625. The number of aromatic carboxylic acids is 1. The Morgan fingerprint density at radius 2 is 1.95 bits per heavy atom. The van der Waals surface area contributed by atoms with Crippen molar-refractivity contribution in [2.75, 3.05) is 18.5 Å². The second kappa shape index (κ2) is 8.08. The van der Waals surface area contributed by atoms with Crippen LogP contribution in [0.5, 0.6) is 5.75 Å². The molecule has 0 unspecified atom stereocenters. The Labute approximate surface area is 130 Å². The van der Waals surface area contributed by atoms with Crippen molar-refractivity contribution in [3.8, 4) is 5.75 Å². The zero-order valence-electron chi connectivity index (χ0n) is 12.7. The predicted molar refractivity (Wildman–Crippen MR) is 87.8 cm³/mol. The summed E-state index contributed by atoms with van der Waals surface area (Å²) in [5, 5.41) is 12.2. The topological polar surface area (TPSA) is 58.6 Å². The van der Waals surface area contributed by atoms with Crippen LogP contribution in [-0.4, -0.2) is 24.2 Å². The third kappa shape index (κ3) is 5.13. The van der Waals surface area contributed by atoms with Gasteiger partial charge in [-0.1, -0.05) is 18.2 Å². The van der Waals surface area contributed by atoms with E-state index in [2.05, 4.69) is 5.32 Å². The van der Waals surface area contributed by atoms with Gasteiger partial charge >= 0.3 is 5.97 Å². The molecule has 0 radical (unpaired) electrons. The highest BCUT2D eigenvalue weighted by Crippen LogP contribution is 2.13. The fourth-order valence-corrected chi connectivity index (χ4v) is 2.12. The van der Waals surface area contributed by atoms with E-state index >= 15 is 0 Å². The summed E-state index contributed by atoms with van der Waals surface area (Å²) < 4.78 is 5.68. The van der Waals surface area contributed by atoms with Gasteiger partial charge in [-0.15, -0.1) is 0 Å². The molecule has 0 aliphatic rings. The van der Waals surface area contributed by atoms with Crippen LogP contribution >= 0.6 is 0 Å². The van der Waals surface area contributed by atoms with Crippen molar-refractivity contribution < 1.29 is 14.6 Å². The van der Waals surface area contributed by atoms with Crippen molar-refractivity contribution >= 4 is 11.7 Å². The Hall–Kier alpha value is -2.49. The van der Waals surface area contributed by atoms with Crippen LogP contribution in [0.25, 0.3) is 0 Å². The molecule has 2 rings (SSSR count). The maximum absolute atomic E-state index is 10.9. The second-order valence-electron chi connectivity index (χ2n) is 5.18. The number of carboxylic acids is 1. The highest BCUT2D eigenvalue weighted by atomic mass is 16.5. The molecule has 0 fully saturated rings. The Balaban J connectivity index is 1.65. The summed E-state index contributed by atoms with van der Waals surface area (Å²) in [5.41, 5.74) is 2.32. The summed E-state index contributed by atoms with van der Waals surface area (Å²) in [4.78, 5) is 10.9. The molecule has 2 N–H and O–H groups in total. The number of nitrogens with one attached hydrogen (secondary N) is 1. The van der Waals surface area contributed by atoms with E-state index in [1.807, 2.05) is 37.3 Å². The third-order valence-corrected chi connectivity index (χ3v) is 3.27. The second-order valence-corrected chi connectivity index (χ2v) is 5.18. The average molecular weight is 299 g/mol. The number of hydrogen-bond acceptors (Lipinski definition) is 3. The monoisotopic (exact) mass is 299 g/mol. The van der Waals surface area contributed by atoms with Crippen LogP contribution in [0.1, 0.15) is 28.8 Å². The van der Waals surface area contributed by atoms with Crippen LogP contribution in [0.2, 0.25) is 0 Å². The molecule has 0 aliphatic carbocycles. The van der Waals surface area contributed by atoms with Crippen molar-refractivity contribution in [1.29, 1.82) is 0 Å². The molecule has 0 aromatic heterocycles. The number of benzene rings is 2. The first kappa shape index (κ1) is 15.9. The fourth-order valence-electron chi connectivity index (χ4n) is 2.12. The predicted octanol–water partition coefficient (Wildman–Crippen LogP) is 3.96. The summed E-state index contributed by atoms with van der Waals surface area (Å²) in [6, 6.07) is 14.9. The van der Waals surface area contributed by atoms with E-state index in [1.54, 1.807) is 18.2 Å². The molecule has 0 saturated carbocycles. The number of anilines is 1. The van der Waals surface area contributed by atoms with E-state index in [9.17, 15) is 4.79 Å². The smallest absolute Gasteiger partial charge is 0.335 e. The standard InChI is InChI=1S/C18H21NO3/c1-14-6-4-9-17(12-14)22-11-3-2-10-19-16-8-5-7-15(13-16)18(20)21/h4-9,12-13,19H,2-3,10-11H2,1H3,(H,20,21). The molecule has 0 amide bonds. The SMILES string of the molecule is Cc1cccc(OCCCCNc2cccc(C(=O)O)c2)c1. The lowest BCUT2D eigenvalue weighted by Gasteiger charge is -2.08. The molecule has 0 aliphatic heterocycles. The molecule has 22 heavy (non-hydrogen) atoms. The average Bonchev–Trinajstić information content (AvgIpc) is 2.51. The van der Waals surface area contributed by atoms with Gasteiger partial charge in [0, 0.05) is 12.2 Å². The number of aryl methyl sites for hydroxylation is 1. The van der Waals surface area contributed by atoms with Gasteiger partial charge in [0.1, 0.15) is 5.75 Å². The highest BCUT2D eigenvalue weighted by molar-refractivity contribution is 5.88.